The van der Waals surface area contributed by atoms with Crippen LogP contribution in [0.2, 0.25) is 0 Å². The van der Waals surface area contributed by atoms with Gasteiger partial charge in [0.15, 0.2) is 5.78 Å². The molecule has 0 bridgehead atoms. The SMILES string of the molecule is CCCCOCCOC(C)C(=O)c1ccc(OC)cc1. The Bertz CT molecular complexity index is 386. The van der Waals surface area contributed by atoms with Gasteiger partial charge in [-0.2, -0.15) is 0 Å². The normalized spacial score (nSPS) is 12.2. The van der Waals surface area contributed by atoms with E-state index in [2.05, 4.69) is 6.92 Å². The van der Waals surface area contributed by atoms with E-state index in [1.165, 1.54) is 0 Å². The molecule has 20 heavy (non-hydrogen) atoms. The largest absolute Gasteiger partial charge is 0.497 e. The molecule has 0 amide bonds. The van der Waals surface area contributed by atoms with E-state index in [1.54, 1.807) is 38.3 Å². The second kappa shape index (κ2) is 9.50. The maximum Gasteiger partial charge on any atom is 0.191 e. The lowest BCUT2D eigenvalue weighted by atomic mass is 10.1. The van der Waals surface area contributed by atoms with Crippen LogP contribution in [0.3, 0.4) is 0 Å². The van der Waals surface area contributed by atoms with Gasteiger partial charge in [0.05, 0.1) is 20.3 Å². The summed E-state index contributed by atoms with van der Waals surface area (Å²) in [5.74, 6) is 0.709. The van der Waals surface area contributed by atoms with Crippen molar-refractivity contribution in [1.82, 2.24) is 0 Å². The number of Topliss-reactive ketones (excluding diaryl/α,β-unsaturated/α-hetero) is 1. The molecule has 0 saturated heterocycles. The molecule has 1 aromatic carbocycles. The van der Waals surface area contributed by atoms with Crippen molar-refractivity contribution in [1.29, 1.82) is 0 Å². The van der Waals surface area contributed by atoms with Crippen molar-refractivity contribution in [2.75, 3.05) is 26.9 Å². The van der Waals surface area contributed by atoms with Crippen LogP contribution in [0.5, 0.6) is 5.75 Å². The standard InChI is InChI=1S/C16H24O4/c1-4-5-10-19-11-12-20-13(2)16(17)14-6-8-15(18-3)9-7-14/h6-9,13H,4-5,10-12H2,1-3H3. The molecule has 4 nitrogen and oxygen atoms in total. The van der Waals surface area contributed by atoms with E-state index in [0.29, 0.717) is 18.8 Å². The van der Waals surface area contributed by atoms with Crippen molar-refractivity contribution in [2.45, 2.75) is 32.8 Å². The summed E-state index contributed by atoms with van der Waals surface area (Å²) in [7, 11) is 1.60. The highest BCUT2D eigenvalue weighted by Gasteiger charge is 2.15. The lowest BCUT2D eigenvalue weighted by Crippen LogP contribution is -2.23. The first-order chi connectivity index (χ1) is 9.69. The molecule has 1 aromatic rings. The molecule has 0 aliphatic rings. The van der Waals surface area contributed by atoms with E-state index in [-0.39, 0.29) is 5.78 Å². The number of rotatable bonds is 10. The zero-order valence-electron chi connectivity index (χ0n) is 12.6. The Labute approximate surface area is 121 Å². The first kappa shape index (κ1) is 16.7. The maximum absolute atomic E-state index is 12.1. The second-order valence-corrected chi connectivity index (χ2v) is 4.57. The second-order valence-electron chi connectivity index (χ2n) is 4.57. The van der Waals surface area contributed by atoms with Crippen LogP contribution in [0, 0.1) is 0 Å². The number of carbonyl (C=O) groups is 1. The third-order valence-corrected chi connectivity index (χ3v) is 2.98. The number of unbranched alkanes of at least 4 members (excludes halogenated alkanes) is 1. The van der Waals surface area contributed by atoms with Gasteiger partial charge in [0.1, 0.15) is 11.9 Å². The molecule has 1 atom stereocenters. The van der Waals surface area contributed by atoms with Gasteiger partial charge in [0, 0.05) is 12.2 Å². The average Bonchev–Trinajstić information content (AvgIpc) is 2.50. The molecule has 0 fully saturated rings. The fourth-order valence-electron chi connectivity index (χ4n) is 1.70. The Morgan fingerprint density at radius 3 is 2.45 bits per heavy atom. The molecule has 0 saturated carbocycles. The highest BCUT2D eigenvalue weighted by atomic mass is 16.5. The number of benzene rings is 1. The predicted octanol–water partition coefficient (Wildman–Crippen LogP) is 3.10. The van der Waals surface area contributed by atoms with Gasteiger partial charge in [0.2, 0.25) is 0 Å². The Balaban J connectivity index is 2.31. The maximum atomic E-state index is 12.1. The van der Waals surface area contributed by atoms with E-state index < -0.39 is 6.10 Å². The molecule has 4 heteroatoms. The van der Waals surface area contributed by atoms with Crippen LogP contribution in [-0.2, 0) is 9.47 Å². The van der Waals surface area contributed by atoms with Crippen LogP contribution in [0.1, 0.15) is 37.0 Å². The highest BCUT2D eigenvalue weighted by Crippen LogP contribution is 2.13. The smallest absolute Gasteiger partial charge is 0.191 e. The van der Waals surface area contributed by atoms with Crippen LogP contribution in [-0.4, -0.2) is 38.8 Å². The van der Waals surface area contributed by atoms with Crippen LogP contribution in [0.4, 0.5) is 0 Å². The number of hydrogen-bond acceptors (Lipinski definition) is 4. The van der Waals surface area contributed by atoms with Crippen LogP contribution in [0.15, 0.2) is 24.3 Å². The molecule has 1 unspecified atom stereocenters. The summed E-state index contributed by atoms with van der Waals surface area (Å²) in [5, 5.41) is 0. The Morgan fingerprint density at radius 2 is 1.85 bits per heavy atom. The molecular formula is C16H24O4. The third kappa shape index (κ3) is 5.72. The van der Waals surface area contributed by atoms with Crippen molar-refractivity contribution < 1.29 is 19.0 Å². The minimum absolute atomic E-state index is 0.0267. The highest BCUT2D eigenvalue weighted by molar-refractivity contribution is 5.99. The molecular weight excluding hydrogens is 256 g/mol. The minimum atomic E-state index is -0.460. The third-order valence-electron chi connectivity index (χ3n) is 2.98. The first-order valence-corrected chi connectivity index (χ1v) is 7.06. The molecule has 0 radical (unpaired) electrons. The van der Waals surface area contributed by atoms with Gasteiger partial charge in [-0.25, -0.2) is 0 Å². The number of ether oxygens (including phenoxy) is 3. The molecule has 0 N–H and O–H groups in total. The predicted molar refractivity (Wildman–Crippen MR) is 78.5 cm³/mol. The molecule has 0 aliphatic carbocycles. The van der Waals surface area contributed by atoms with Crippen molar-refractivity contribution in [3.05, 3.63) is 29.8 Å². The topological polar surface area (TPSA) is 44.8 Å². The average molecular weight is 280 g/mol. The number of methoxy groups -OCH3 is 1. The van der Waals surface area contributed by atoms with Crippen LogP contribution >= 0.6 is 0 Å². The summed E-state index contributed by atoms with van der Waals surface area (Å²) < 4.78 is 15.9. The lowest BCUT2D eigenvalue weighted by Gasteiger charge is -2.12. The summed E-state index contributed by atoms with van der Waals surface area (Å²) in [6, 6.07) is 7.04. The molecule has 1 rings (SSSR count). The summed E-state index contributed by atoms with van der Waals surface area (Å²) in [5.41, 5.74) is 0.630. The molecule has 112 valence electrons. The van der Waals surface area contributed by atoms with E-state index in [4.69, 9.17) is 14.2 Å². The Hall–Kier alpha value is -1.39. The zero-order valence-corrected chi connectivity index (χ0v) is 12.6. The number of ketones is 1. The van der Waals surface area contributed by atoms with Gasteiger partial charge in [-0.1, -0.05) is 13.3 Å². The number of carbonyl (C=O) groups excluding carboxylic acids is 1. The van der Waals surface area contributed by atoms with Gasteiger partial charge < -0.3 is 14.2 Å². The van der Waals surface area contributed by atoms with Crippen molar-refractivity contribution >= 4 is 5.78 Å². The monoisotopic (exact) mass is 280 g/mol. The van der Waals surface area contributed by atoms with Crippen molar-refractivity contribution in [3.8, 4) is 5.75 Å². The summed E-state index contributed by atoms with van der Waals surface area (Å²) in [6.45, 7) is 5.60. The van der Waals surface area contributed by atoms with E-state index in [0.717, 1.165) is 25.2 Å². The van der Waals surface area contributed by atoms with Gasteiger partial charge in [-0.3, -0.25) is 4.79 Å². The summed E-state index contributed by atoms with van der Waals surface area (Å²) >= 11 is 0. The molecule has 0 heterocycles. The van der Waals surface area contributed by atoms with Gasteiger partial charge in [0.25, 0.3) is 0 Å². The van der Waals surface area contributed by atoms with Gasteiger partial charge in [-0.05, 0) is 37.6 Å². The Morgan fingerprint density at radius 1 is 1.15 bits per heavy atom. The van der Waals surface area contributed by atoms with E-state index in [9.17, 15) is 4.79 Å². The quantitative estimate of drug-likeness (QED) is 0.488. The van der Waals surface area contributed by atoms with Gasteiger partial charge >= 0.3 is 0 Å². The first-order valence-electron chi connectivity index (χ1n) is 7.06. The molecule has 0 aliphatic heterocycles. The van der Waals surface area contributed by atoms with E-state index in [1.807, 2.05) is 0 Å². The lowest BCUT2D eigenvalue weighted by molar-refractivity contribution is 0.0144. The van der Waals surface area contributed by atoms with Gasteiger partial charge in [-0.15, -0.1) is 0 Å². The molecule has 0 aromatic heterocycles. The zero-order chi connectivity index (χ0) is 14.8. The van der Waals surface area contributed by atoms with E-state index >= 15 is 0 Å². The van der Waals surface area contributed by atoms with Crippen LogP contribution in [0.25, 0.3) is 0 Å². The van der Waals surface area contributed by atoms with Crippen LogP contribution < -0.4 is 4.74 Å². The fraction of sp³-hybridized carbons (Fsp3) is 0.562. The summed E-state index contributed by atoms with van der Waals surface area (Å²) in [6.07, 6.45) is 1.71. The Kier molecular flexibility index (Phi) is 7.92. The van der Waals surface area contributed by atoms with Crippen molar-refractivity contribution in [2.24, 2.45) is 0 Å². The summed E-state index contributed by atoms with van der Waals surface area (Å²) in [4.78, 5) is 12.1. The number of hydrogen-bond donors (Lipinski definition) is 0. The minimum Gasteiger partial charge on any atom is -0.497 e. The van der Waals surface area contributed by atoms with Crippen molar-refractivity contribution in [3.63, 3.8) is 0 Å². The molecule has 0 spiro atoms. The fourth-order valence-corrected chi connectivity index (χ4v) is 1.70.